The summed E-state index contributed by atoms with van der Waals surface area (Å²) in [6.45, 7) is 3.01. The zero-order chi connectivity index (χ0) is 18.2. The molecule has 0 heterocycles. The van der Waals surface area contributed by atoms with Gasteiger partial charge >= 0.3 is 5.97 Å². The SMILES string of the molecule is CCCC[C@](O)(CC[C@H](C)O)C(=O)COC(=O)c1ccc(O)cc1. The molecule has 0 fully saturated rings. The lowest BCUT2D eigenvalue weighted by atomic mass is 9.86. The Labute approximate surface area is 142 Å². The highest BCUT2D eigenvalue weighted by Crippen LogP contribution is 2.23. The molecular weight excluding hydrogens is 312 g/mol. The number of ether oxygens (including phenoxy) is 1. The molecule has 0 unspecified atom stereocenters. The molecule has 0 amide bonds. The average Bonchev–Trinajstić information content (AvgIpc) is 2.56. The summed E-state index contributed by atoms with van der Waals surface area (Å²) in [5, 5.41) is 29.2. The maximum atomic E-state index is 12.3. The van der Waals surface area contributed by atoms with Crippen molar-refractivity contribution in [1.82, 2.24) is 0 Å². The van der Waals surface area contributed by atoms with Crippen molar-refractivity contribution in [3.63, 3.8) is 0 Å². The first kappa shape index (κ1) is 20.1. The van der Waals surface area contributed by atoms with Crippen LogP contribution >= 0.6 is 0 Å². The van der Waals surface area contributed by atoms with Gasteiger partial charge in [0.05, 0.1) is 11.7 Å². The molecule has 0 aliphatic rings. The van der Waals surface area contributed by atoms with Crippen molar-refractivity contribution in [2.24, 2.45) is 0 Å². The molecule has 1 aromatic rings. The zero-order valence-electron chi connectivity index (χ0n) is 14.2. The third-order valence-corrected chi connectivity index (χ3v) is 3.88. The number of unbranched alkanes of at least 4 members (excludes halogenated alkanes) is 1. The third-order valence-electron chi connectivity index (χ3n) is 3.88. The number of ketones is 1. The lowest BCUT2D eigenvalue weighted by molar-refractivity contribution is -0.142. The molecule has 0 saturated carbocycles. The molecule has 6 nitrogen and oxygen atoms in total. The first-order valence-electron chi connectivity index (χ1n) is 8.18. The van der Waals surface area contributed by atoms with Crippen LogP contribution in [0, 0.1) is 0 Å². The van der Waals surface area contributed by atoms with E-state index in [2.05, 4.69) is 0 Å². The minimum Gasteiger partial charge on any atom is -0.508 e. The maximum absolute atomic E-state index is 12.3. The van der Waals surface area contributed by atoms with Crippen molar-refractivity contribution in [1.29, 1.82) is 0 Å². The van der Waals surface area contributed by atoms with Crippen molar-refractivity contribution in [3.8, 4) is 5.75 Å². The molecule has 0 bridgehead atoms. The molecule has 1 rings (SSSR count). The van der Waals surface area contributed by atoms with Gasteiger partial charge in [-0.25, -0.2) is 4.79 Å². The quantitative estimate of drug-likeness (QED) is 0.565. The summed E-state index contributed by atoms with van der Waals surface area (Å²) in [4.78, 5) is 24.2. The molecule has 3 N–H and O–H groups in total. The van der Waals surface area contributed by atoms with Crippen molar-refractivity contribution >= 4 is 11.8 Å². The Bertz CT molecular complexity index is 537. The lowest BCUT2D eigenvalue weighted by Gasteiger charge is -2.27. The average molecular weight is 338 g/mol. The fraction of sp³-hybridized carbons (Fsp3) is 0.556. The number of aromatic hydroxyl groups is 1. The van der Waals surface area contributed by atoms with Crippen molar-refractivity contribution < 1.29 is 29.6 Å². The monoisotopic (exact) mass is 338 g/mol. The number of rotatable bonds is 10. The minimum absolute atomic E-state index is 0.0229. The van der Waals surface area contributed by atoms with Gasteiger partial charge in [-0.2, -0.15) is 0 Å². The fourth-order valence-electron chi connectivity index (χ4n) is 2.27. The van der Waals surface area contributed by atoms with Crippen LogP contribution in [0.4, 0.5) is 0 Å². The van der Waals surface area contributed by atoms with E-state index < -0.39 is 30.1 Å². The van der Waals surface area contributed by atoms with Crippen LogP contribution in [0.1, 0.15) is 56.3 Å². The van der Waals surface area contributed by atoms with Crippen LogP contribution in [0.5, 0.6) is 5.75 Å². The van der Waals surface area contributed by atoms with E-state index in [1.807, 2.05) is 6.92 Å². The molecule has 0 aliphatic carbocycles. The highest BCUT2D eigenvalue weighted by molar-refractivity contribution is 5.93. The second-order valence-electron chi connectivity index (χ2n) is 6.07. The molecule has 0 spiro atoms. The van der Waals surface area contributed by atoms with E-state index in [0.29, 0.717) is 6.42 Å². The van der Waals surface area contributed by atoms with Crippen LogP contribution in [-0.4, -0.2) is 45.4 Å². The number of esters is 1. The number of carbonyl (C=O) groups is 2. The van der Waals surface area contributed by atoms with Gasteiger partial charge in [0, 0.05) is 0 Å². The van der Waals surface area contributed by atoms with Gasteiger partial charge in [-0.1, -0.05) is 19.8 Å². The molecule has 24 heavy (non-hydrogen) atoms. The van der Waals surface area contributed by atoms with Crippen LogP contribution < -0.4 is 0 Å². The first-order valence-corrected chi connectivity index (χ1v) is 8.18. The van der Waals surface area contributed by atoms with Gasteiger partial charge in [-0.05, 0) is 50.5 Å². The van der Waals surface area contributed by atoms with Crippen LogP contribution in [-0.2, 0) is 9.53 Å². The molecule has 2 atom stereocenters. The van der Waals surface area contributed by atoms with E-state index in [-0.39, 0.29) is 30.6 Å². The number of benzene rings is 1. The smallest absolute Gasteiger partial charge is 0.338 e. The van der Waals surface area contributed by atoms with Crippen LogP contribution in [0.25, 0.3) is 0 Å². The van der Waals surface area contributed by atoms with Crippen molar-refractivity contribution in [3.05, 3.63) is 29.8 Å². The van der Waals surface area contributed by atoms with Crippen molar-refractivity contribution in [2.75, 3.05) is 6.61 Å². The minimum atomic E-state index is -1.60. The van der Waals surface area contributed by atoms with E-state index in [1.54, 1.807) is 6.92 Å². The summed E-state index contributed by atoms with van der Waals surface area (Å²) in [5.41, 5.74) is -1.39. The van der Waals surface area contributed by atoms with E-state index in [1.165, 1.54) is 24.3 Å². The Hall–Kier alpha value is -1.92. The molecule has 1 aromatic carbocycles. The molecule has 0 radical (unpaired) electrons. The Morgan fingerprint density at radius 2 is 1.83 bits per heavy atom. The van der Waals surface area contributed by atoms with Gasteiger partial charge in [-0.3, -0.25) is 4.79 Å². The third kappa shape index (κ3) is 6.29. The number of Topliss-reactive ketones (excluding diaryl/α,β-unsaturated/α-hetero) is 1. The summed E-state index contributed by atoms with van der Waals surface area (Å²) in [6, 6.07) is 5.47. The van der Waals surface area contributed by atoms with Crippen LogP contribution in [0.15, 0.2) is 24.3 Å². The Morgan fingerprint density at radius 3 is 2.38 bits per heavy atom. The molecule has 0 aromatic heterocycles. The van der Waals surface area contributed by atoms with E-state index >= 15 is 0 Å². The molecule has 134 valence electrons. The van der Waals surface area contributed by atoms with Crippen LogP contribution in [0.2, 0.25) is 0 Å². The number of carbonyl (C=O) groups excluding carboxylic acids is 2. The fourth-order valence-corrected chi connectivity index (χ4v) is 2.27. The van der Waals surface area contributed by atoms with Crippen LogP contribution in [0.3, 0.4) is 0 Å². The molecular formula is C18H26O6. The zero-order valence-corrected chi connectivity index (χ0v) is 14.2. The number of hydrogen-bond acceptors (Lipinski definition) is 6. The first-order chi connectivity index (χ1) is 11.3. The van der Waals surface area contributed by atoms with Gasteiger partial charge < -0.3 is 20.1 Å². The van der Waals surface area contributed by atoms with E-state index in [4.69, 9.17) is 4.74 Å². The van der Waals surface area contributed by atoms with Gasteiger partial charge in [0.2, 0.25) is 5.78 Å². The standard InChI is InChI=1S/C18H26O6/c1-3-4-10-18(23,11-9-13(2)19)16(21)12-24-17(22)14-5-7-15(20)8-6-14/h5-8,13,19-20,23H,3-4,9-12H2,1-2H3/t13-,18-/m0/s1. The summed E-state index contributed by atoms with van der Waals surface area (Å²) in [5.74, 6) is -1.24. The second-order valence-corrected chi connectivity index (χ2v) is 6.07. The highest BCUT2D eigenvalue weighted by Gasteiger charge is 2.35. The van der Waals surface area contributed by atoms with Gasteiger partial charge in [0.15, 0.2) is 6.61 Å². The largest absolute Gasteiger partial charge is 0.508 e. The number of aliphatic hydroxyl groups excluding tert-OH is 1. The second kappa shape index (κ2) is 9.39. The van der Waals surface area contributed by atoms with Gasteiger partial charge in [-0.15, -0.1) is 0 Å². The number of aliphatic hydroxyl groups is 2. The summed E-state index contributed by atoms with van der Waals surface area (Å²) in [7, 11) is 0. The number of hydrogen-bond donors (Lipinski definition) is 3. The Morgan fingerprint density at radius 1 is 1.21 bits per heavy atom. The topological polar surface area (TPSA) is 104 Å². The van der Waals surface area contributed by atoms with Crippen molar-refractivity contribution in [2.45, 2.75) is 57.7 Å². The van der Waals surface area contributed by atoms with E-state index in [0.717, 1.165) is 6.42 Å². The lowest BCUT2D eigenvalue weighted by Crippen LogP contribution is -2.42. The molecule has 0 saturated heterocycles. The normalized spacial score (nSPS) is 14.7. The maximum Gasteiger partial charge on any atom is 0.338 e. The highest BCUT2D eigenvalue weighted by atomic mass is 16.5. The Balaban J connectivity index is 2.66. The van der Waals surface area contributed by atoms with Gasteiger partial charge in [0.25, 0.3) is 0 Å². The summed E-state index contributed by atoms with van der Waals surface area (Å²) in [6.07, 6.45) is 1.54. The summed E-state index contributed by atoms with van der Waals surface area (Å²) >= 11 is 0. The predicted octanol–water partition coefficient (Wildman–Crippen LogP) is 2.20. The van der Waals surface area contributed by atoms with Gasteiger partial charge in [0.1, 0.15) is 11.4 Å². The molecule has 0 aliphatic heterocycles. The van der Waals surface area contributed by atoms with E-state index in [9.17, 15) is 24.9 Å². The molecule has 6 heteroatoms. The number of phenols is 1. The predicted molar refractivity (Wildman–Crippen MR) is 88.8 cm³/mol. The summed E-state index contributed by atoms with van der Waals surface area (Å²) < 4.78 is 4.97. The number of phenolic OH excluding ortho intramolecular Hbond substituents is 1. The Kier molecular flexibility index (Phi) is 7.88.